The van der Waals surface area contributed by atoms with Gasteiger partial charge in [0, 0.05) is 5.92 Å². The standard InChI is InChI=1S/C14H14O.C2H6/c1-2-3-6-11-9-12(10-15)14-8-5-4-7-13(11)14;1-2/h2-9,12,15H,1,10H2;1-2H3/b6-3-;. The summed E-state index contributed by atoms with van der Waals surface area (Å²) in [5, 5.41) is 9.27. The van der Waals surface area contributed by atoms with Gasteiger partial charge in [0.05, 0.1) is 6.61 Å². The Morgan fingerprint density at radius 1 is 1.29 bits per heavy atom. The maximum absolute atomic E-state index is 9.27. The van der Waals surface area contributed by atoms with Crippen molar-refractivity contribution in [1.29, 1.82) is 0 Å². The fourth-order valence-corrected chi connectivity index (χ4v) is 1.95. The molecule has 17 heavy (non-hydrogen) atoms. The largest absolute Gasteiger partial charge is 0.395 e. The molecule has 0 saturated carbocycles. The van der Waals surface area contributed by atoms with Crippen LogP contribution >= 0.6 is 0 Å². The molecule has 0 aliphatic heterocycles. The third-order valence-electron chi connectivity index (χ3n) is 2.66. The Hall–Kier alpha value is -1.60. The lowest BCUT2D eigenvalue weighted by atomic mass is 10.0. The van der Waals surface area contributed by atoms with Crippen LogP contribution in [0.3, 0.4) is 0 Å². The van der Waals surface area contributed by atoms with Crippen LogP contribution in [0.1, 0.15) is 30.9 Å². The molecule has 1 aromatic rings. The van der Waals surface area contributed by atoms with E-state index >= 15 is 0 Å². The Morgan fingerprint density at radius 3 is 2.65 bits per heavy atom. The van der Waals surface area contributed by atoms with Gasteiger partial charge < -0.3 is 5.11 Å². The predicted octanol–water partition coefficient (Wildman–Crippen LogP) is 3.93. The molecular weight excluding hydrogens is 208 g/mol. The highest BCUT2D eigenvalue weighted by atomic mass is 16.3. The van der Waals surface area contributed by atoms with Crippen LogP contribution < -0.4 is 0 Å². The minimum atomic E-state index is 0.144. The van der Waals surface area contributed by atoms with Crippen molar-refractivity contribution in [3.63, 3.8) is 0 Å². The second-order valence-electron chi connectivity index (χ2n) is 3.59. The van der Waals surface area contributed by atoms with Crippen molar-refractivity contribution in [2.45, 2.75) is 19.8 Å². The van der Waals surface area contributed by atoms with Crippen molar-refractivity contribution >= 4 is 5.57 Å². The van der Waals surface area contributed by atoms with Gasteiger partial charge in [-0.2, -0.15) is 0 Å². The summed E-state index contributed by atoms with van der Waals surface area (Å²) in [7, 11) is 0. The summed E-state index contributed by atoms with van der Waals surface area (Å²) in [6, 6.07) is 8.19. The molecule has 1 atom stereocenters. The lowest BCUT2D eigenvalue weighted by molar-refractivity contribution is 0.284. The number of aliphatic hydroxyl groups is 1. The molecule has 1 heteroatoms. The van der Waals surface area contributed by atoms with Crippen LogP contribution in [0.5, 0.6) is 0 Å². The van der Waals surface area contributed by atoms with Gasteiger partial charge in [0.15, 0.2) is 0 Å². The lowest BCUT2D eigenvalue weighted by Gasteiger charge is -2.05. The maximum Gasteiger partial charge on any atom is 0.0535 e. The van der Waals surface area contributed by atoms with E-state index in [0.29, 0.717) is 0 Å². The summed E-state index contributed by atoms with van der Waals surface area (Å²) in [6.45, 7) is 7.82. The minimum absolute atomic E-state index is 0.144. The smallest absolute Gasteiger partial charge is 0.0535 e. The van der Waals surface area contributed by atoms with E-state index in [4.69, 9.17) is 0 Å². The van der Waals surface area contributed by atoms with E-state index in [-0.39, 0.29) is 12.5 Å². The monoisotopic (exact) mass is 228 g/mol. The van der Waals surface area contributed by atoms with Gasteiger partial charge in [-0.3, -0.25) is 0 Å². The lowest BCUT2D eigenvalue weighted by Crippen LogP contribution is -1.97. The third-order valence-corrected chi connectivity index (χ3v) is 2.66. The maximum atomic E-state index is 9.27. The van der Waals surface area contributed by atoms with Gasteiger partial charge in [-0.25, -0.2) is 0 Å². The van der Waals surface area contributed by atoms with Gasteiger partial charge in [0.1, 0.15) is 0 Å². The number of aliphatic hydroxyl groups excluding tert-OH is 1. The highest BCUT2D eigenvalue weighted by molar-refractivity contribution is 5.81. The van der Waals surface area contributed by atoms with Crippen LogP contribution in [0.25, 0.3) is 5.57 Å². The SMILES string of the molecule is C=C/C=C\C1=CC(CO)c2ccccc21.CC. The average molecular weight is 228 g/mol. The van der Waals surface area contributed by atoms with E-state index in [1.165, 1.54) is 16.7 Å². The highest BCUT2D eigenvalue weighted by Crippen LogP contribution is 2.35. The van der Waals surface area contributed by atoms with Crippen molar-refractivity contribution in [2.24, 2.45) is 0 Å². The topological polar surface area (TPSA) is 20.2 Å². The zero-order valence-corrected chi connectivity index (χ0v) is 10.6. The Balaban J connectivity index is 0.000000686. The van der Waals surface area contributed by atoms with Crippen molar-refractivity contribution in [1.82, 2.24) is 0 Å². The molecular formula is C16H20O. The first-order valence-corrected chi connectivity index (χ1v) is 6.08. The second-order valence-corrected chi connectivity index (χ2v) is 3.59. The number of rotatable bonds is 3. The summed E-state index contributed by atoms with van der Waals surface area (Å²) in [6.07, 6.45) is 7.81. The molecule has 0 heterocycles. The van der Waals surface area contributed by atoms with Crippen molar-refractivity contribution in [3.05, 3.63) is 66.3 Å². The Kier molecular flexibility index (Phi) is 5.44. The van der Waals surface area contributed by atoms with Crippen LogP contribution in [0.15, 0.2) is 55.1 Å². The van der Waals surface area contributed by atoms with E-state index in [2.05, 4.69) is 24.8 Å². The zero-order valence-electron chi connectivity index (χ0n) is 10.6. The first-order valence-electron chi connectivity index (χ1n) is 6.08. The molecule has 90 valence electrons. The van der Waals surface area contributed by atoms with Crippen LogP contribution in [0.4, 0.5) is 0 Å². The fourth-order valence-electron chi connectivity index (χ4n) is 1.95. The summed E-state index contributed by atoms with van der Waals surface area (Å²) >= 11 is 0. The third kappa shape index (κ3) is 2.95. The molecule has 1 aromatic carbocycles. The van der Waals surface area contributed by atoms with Crippen LogP contribution in [-0.4, -0.2) is 11.7 Å². The Morgan fingerprint density at radius 2 is 2.00 bits per heavy atom. The molecule has 0 saturated heterocycles. The summed E-state index contributed by atoms with van der Waals surface area (Å²) < 4.78 is 0. The molecule has 1 unspecified atom stereocenters. The first kappa shape index (κ1) is 13.5. The second kappa shape index (κ2) is 6.87. The number of allylic oxidation sites excluding steroid dienone is 4. The van der Waals surface area contributed by atoms with E-state index in [9.17, 15) is 5.11 Å². The van der Waals surface area contributed by atoms with Crippen molar-refractivity contribution < 1.29 is 5.11 Å². The van der Waals surface area contributed by atoms with E-state index in [1.54, 1.807) is 6.08 Å². The van der Waals surface area contributed by atoms with Gasteiger partial charge in [0.2, 0.25) is 0 Å². The van der Waals surface area contributed by atoms with Gasteiger partial charge in [-0.05, 0) is 16.7 Å². The van der Waals surface area contributed by atoms with E-state index in [1.807, 2.05) is 38.1 Å². The molecule has 1 aliphatic rings. The molecule has 1 nitrogen and oxygen atoms in total. The number of benzene rings is 1. The first-order chi connectivity index (χ1) is 8.36. The minimum Gasteiger partial charge on any atom is -0.395 e. The Bertz CT molecular complexity index is 427. The molecule has 0 spiro atoms. The van der Waals surface area contributed by atoms with Crippen molar-refractivity contribution in [2.75, 3.05) is 6.61 Å². The zero-order chi connectivity index (χ0) is 12.7. The summed E-state index contributed by atoms with van der Waals surface area (Å²) in [5.41, 5.74) is 3.60. The van der Waals surface area contributed by atoms with Gasteiger partial charge >= 0.3 is 0 Å². The van der Waals surface area contributed by atoms with Crippen LogP contribution in [0.2, 0.25) is 0 Å². The quantitative estimate of drug-likeness (QED) is 0.777. The highest BCUT2D eigenvalue weighted by Gasteiger charge is 2.20. The van der Waals surface area contributed by atoms with Crippen molar-refractivity contribution in [3.8, 4) is 0 Å². The fraction of sp³-hybridized carbons (Fsp3) is 0.250. The normalized spacial score (nSPS) is 17.1. The molecule has 2 rings (SSSR count). The molecule has 0 bridgehead atoms. The van der Waals surface area contributed by atoms with Crippen LogP contribution in [-0.2, 0) is 0 Å². The molecule has 1 aliphatic carbocycles. The number of fused-ring (bicyclic) bond motifs is 1. The van der Waals surface area contributed by atoms with E-state index in [0.717, 1.165) is 0 Å². The average Bonchev–Trinajstić information content (AvgIpc) is 2.77. The Labute approximate surface area is 104 Å². The van der Waals surface area contributed by atoms with Gasteiger partial charge in [-0.15, -0.1) is 0 Å². The molecule has 0 fully saturated rings. The summed E-state index contributed by atoms with van der Waals surface area (Å²) in [5.74, 6) is 0.144. The van der Waals surface area contributed by atoms with E-state index < -0.39 is 0 Å². The van der Waals surface area contributed by atoms with Gasteiger partial charge in [0.25, 0.3) is 0 Å². The predicted molar refractivity (Wildman–Crippen MR) is 74.9 cm³/mol. The molecule has 0 aromatic heterocycles. The molecule has 0 radical (unpaired) electrons. The molecule has 0 amide bonds. The molecule has 1 N–H and O–H groups in total. The number of hydrogen-bond donors (Lipinski definition) is 1. The van der Waals surface area contributed by atoms with Crippen LogP contribution in [0, 0.1) is 0 Å². The number of hydrogen-bond acceptors (Lipinski definition) is 1. The van der Waals surface area contributed by atoms with Gasteiger partial charge in [-0.1, -0.05) is 69.0 Å². The summed E-state index contributed by atoms with van der Waals surface area (Å²) in [4.78, 5) is 0.